The second-order valence-corrected chi connectivity index (χ2v) is 2.59. The lowest BCUT2D eigenvalue weighted by atomic mass is 10.1. The monoisotopic (exact) mass is 178 g/mol. The summed E-state index contributed by atoms with van der Waals surface area (Å²) < 4.78 is 17.8. The van der Waals surface area contributed by atoms with Crippen molar-refractivity contribution in [3.63, 3.8) is 0 Å². The number of halogens is 1. The minimum atomic E-state index is -0.337. The lowest BCUT2D eigenvalue weighted by molar-refractivity contribution is 0.438. The Morgan fingerprint density at radius 2 is 2.08 bits per heavy atom. The van der Waals surface area contributed by atoms with Crippen molar-refractivity contribution in [3.05, 3.63) is 36.1 Å². The maximum Gasteiger partial charge on any atom is 0.222 e. The number of nitrogens with two attached hydrogens (primary N) is 1. The normalized spacial score (nSPS) is 10.2. The number of aromatic nitrogens is 1. The summed E-state index contributed by atoms with van der Waals surface area (Å²) in [5.41, 5.74) is 6.12. The molecule has 0 saturated carbocycles. The molecule has 0 saturated heterocycles. The van der Waals surface area contributed by atoms with Gasteiger partial charge in [0, 0.05) is 11.6 Å². The summed E-state index contributed by atoms with van der Waals surface area (Å²) in [4.78, 5) is 0. The molecule has 66 valence electrons. The van der Waals surface area contributed by atoms with E-state index in [9.17, 15) is 4.39 Å². The van der Waals surface area contributed by atoms with Crippen molar-refractivity contribution in [2.75, 3.05) is 5.73 Å². The van der Waals surface area contributed by atoms with Gasteiger partial charge in [0.1, 0.15) is 11.5 Å². The fraction of sp³-hybridized carbons (Fsp3) is 0. The van der Waals surface area contributed by atoms with Crippen molar-refractivity contribution in [1.29, 1.82) is 0 Å². The predicted octanol–water partition coefficient (Wildman–Crippen LogP) is 2.06. The first-order chi connectivity index (χ1) is 6.27. The van der Waals surface area contributed by atoms with Crippen LogP contribution in [0.3, 0.4) is 0 Å². The lowest BCUT2D eigenvalue weighted by Crippen LogP contribution is -1.82. The first-order valence-electron chi connectivity index (χ1n) is 3.74. The van der Waals surface area contributed by atoms with E-state index in [1.54, 1.807) is 18.2 Å². The van der Waals surface area contributed by atoms with Crippen LogP contribution in [-0.2, 0) is 0 Å². The molecule has 4 heteroatoms. The zero-order valence-corrected chi connectivity index (χ0v) is 6.70. The topological polar surface area (TPSA) is 52.0 Å². The van der Waals surface area contributed by atoms with Gasteiger partial charge in [-0.3, -0.25) is 0 Å². The lowest BCUT2D eigenvalue weighted by Gasteiger charge is -1.95. The molecular formula is C9H7FN2O. The third-order valence-corrected chi connectivity index (χ3v) is 1.68. The molecule has 0 aliphatic carbocycles. The summed E-state index contributed by atoms with van der Waals surface area (Å²) in [6.45, 7) is 0. The largest absolute Gasteiger partial charge is 0.368 e. The van der Waals surface area contributed by atoms with Crippen LogP contribution >= 0.6 is 0 Å². The molecule has 1 aromatic carbocycles. The van der Waals surface area contributed by atoms with Crippen LogP contribution in [0.4, 0.5) is 10.3 Å². The number of hydrogen-bond donors (Lipinski definition) is 1. The maximum atomic E-state index is 13.2. The fourth-order valence-electron chi connectivity index (χ4n) is 1.09. The van der Waals surface area contributed by atoms with Crippen molar-refractivity contribution in [2.24, 2.45) is 0 Å². The molecule has 0 atom stereocenters. The Balaban J connectivity index is 2.52. The molecule has 2 aromatic rings. The number of anilines is 1. The first kappa shape index (κ1) is 7.79. The average molecular weight is 178 g/mol. The van der Waals surface area contributed by atoms with Gasteiger partial charge in [-0.1, -0.05) is 17.3 Å². The molecule has 0 fully saturated rings. The Bertz CT molecular complexity index is 425. The second-order valence-electron chi connectivity index (χ2n) is 2.59. The van der Waals surface area contributed by atoms with E-state index in [2.05, 4.69) is 9.68 Å². The minimum Gasteiger partial charge on any atom is -0.368 e. The van der Waals surface area contributed by atoms with Crippen molar-refractivity contribution in [2.45, 2.75) is 0 Å². The predicted molar refractivity (Wildman–Crippen MR) is 46.3 cm³/mol. The third-order valence-electron chi connectivity index (χ3n) is 1.68. The van der Waals surface area contributed by atoms with Gasteiger partial charge >= 0.3 is 0 Å². The van der Waals surface area contributed by atoms with Crippen LogP contribution in [-0.4, -0.2) is 5.16 Å². The van der Waals surface area contributed by atoms with Gasteiger partial charge in [-0.15, -0.1) is 0 Å². The summed E-state index contributed by atoms with van der Waals surface area (Å²) >= 11 is 0. The Morgan fingerprint density at radius 3 is 2.69 bits per heavy atom. The van der Waals surface area contributed by atoms with E-state index in [1.807, 2.05) is 0 Å². The molecule has 0 unspecified atom stereocenters. The quantitative estimate of drug-likeness (QED) is 0.727. The zero-order chi connectivity index (χ0) is 9.26. The van der Waals surface area contributed by atoms with Crippen LogP contribution < -0.4 is 5.73 Å². The molecule has 0 spiro atoms. The van der Waals surface area contributed by atoms with E-state index in [-0.39, 0.29) is 11.7 Å². The van der Waals surface area contributed by atoms with E-state index < -0.39 is 0 Å². The van der Waals surface area contributed by atoms with Crippen LogP contribution in [0.1, 0.15) is 0 Å². The van der Waals surface area contributed by atoms with Crippen LogP contribution in [0.2, 0.25) is 0 Å². The number of nitrogen functional groups attached to an aromatic ring is 1. The van der Waals surface area contributed by atoms with Crippen molar-refractivity contribution < 1.29 is 8.91 Å². The molecule has 0 aliphatic heterocycles. The molecule has 3 nitrogen and oxygen atoms in total. The minimum absolute atomic E-state index is 0.179. The molecule has 0 radical (unpaired) electrons. The molecule has 0 aliphatic rings. The van der Waals surface area contributed by atoms with E-state index in [4.69, 9.17) is 5.73 Å². The fourth-order valence-corrected chi connectivity index (χ4v) is 1.09. The Hall–Kier alpha value is -1.84. The summed E-state index contributed by atoms with van der Waals surface area (Å²) in [7, 11) is 0. The number of nitrogens with zero attached hydrogens (tertiary/aromatic N) is 1. The summed E-state index contributed by atoms with van der Waals surface area (Å²) in [6.07, 6.45) is 0. The highest BCUT2D eigenvalue weighted by Crippen LogP contribution is 2.22. The van der Waals surface area contributed by atoms with Gasteiger partial charge in [-0.25, -0.2) is 4.39 Å². The molecule has 2 N–H and O–H groups in total. The molecular weight excluding hydrogens is 171 g/mol. The van der Waals surface area contributed by atoms with Crippen LogP contribution in [0.15, 0.2) is 34.9 Å². The third kappa shape index (κ3) is 1.38. The number of hydrogen-bond acceptors (Lipinski definition) is 3. The Kier molecular flexibility index (Phi) is 1.73. The number of rotatable bonds is 1. The smallest absolute Gasteiger partial charge is 0.222 e. The van der Waals surface area contributed by atoms with Gasteiger partial charge in [0.25, 0.3) is 0 Å². The molecule has 0 amide bonds. The Morgan fingerprint density at radius 1 is 1.31 bits per heavy atom. The van der Waals surface area contributed by atoms with Gasteiger partial charge in [0.15, 0.2) is 0 Å². The standard InChI is InChI=1S/C9H7FN2O/c10-7-4-2-1-3-6(7)8-5-9(11)13-12-8/h1-5H,11H2. The highest BCUT2D eigenvalue weighted by Gasteiger charge is 2.07. The van der Waals surface area contributed by atoms with Gasteiger partial charge < -0.3 is 10.3 Å². The summed E-state index contributed by atoms with van der Waals surface area (Å²) in [6, 6.07) is 7.80. The van der Waals surface area contributed by atoms with Crippen molar-refractivity contribution in [3.8, 4) is 11.3 Å². The van der Waals surface area contributed by atoms with Gasteiger partial charge in [0.05, 0.1) is 0 Å². The molecule has 1 aromatic heterocycles. The van der Waals surface area contributed by atoms with E-state index in [0.717, 1.165) is 0 Å². The number of benzene rings is 1. The molecule has 2 rings (SSSR count). The molecule has 1 heterocycles. The molecule has 13 heavy (non-hydrogen) atoms. The van der Waals surface area contributed by atoms with E-state index >= 15 is 0 Å². The second kappa shape index (κ2) is 2.90. The average Bonchev–Trinajstić information content (AvgIpc) is 2.53. The highest BCUT2D eigenvalue weighted by molar-refractivity contribution is 5.61. The van der Waals surface area contributed by atoms with Gasteiger partial charge in [0.2, 0.25) is 5.88 Å². The van der Waals surface area contributed by atoms with Crippen LogP contribution in [0, 0.1) is 5.82 Å². The summed E-state index contributed by atoms with van der Waals surface area (Å²) in [5, 5.41) is 3.61. The van der Waals surface area contributed by atoms with E-state index in [0.29, 0.717) is 11.3 Å². The molecule has 0 bridgehead atoms. The van der Waals surface area contributed by atoms with E-state index in [1.165, 1.54) is 12.1 Å². The highest BCUT2D eigenvalue weighted by atomic mass is 19.1. The Labute approximate surface area is 74.0 Å². The maximum absolute atomic E-state index is 13.2. The SMILES string of the molecule is Nc1cc(-c2ccccc2F)no1. The van der Waals surface area contributed by atoms with Crippen LogP contribution in [0.25, 0.3) is 11.3 Å². The van der Waals surface area contributed by atoms with Crippen molar-refractivity contribution >= 4 is 5.88 Å². The first-order valence-corrected chi connectivity index (χ1v) is 3.74. The van der Waals surface area contributed by atoms with Crippen LogP contribution in [0.5, 0.6) is 0 Å². The summed E-state index contributed by atoms with van der Waals surface area (Å²) in [5.74, 6) is -0.158. The van der Waals surface area contributed by atoms with Crippen molar-refractivity contribution in [1.82, 2.24) is 5.16 Å². The van der Waals surface area contributed by atoms with Gasteiger partial charge in [-0.05, 0) is 12.1 Å². The zero-order valence-electron chi connectivity index (χ0n) is 6.70. The van der Waals surface area contributed by atoms with Gasteiger partial charge in [-0.2, -0.15) is 0 Å².